The number of halogens is 1. The van der Waals surface area contributed by atoms with Gasteiger partial charge < -0.3 is 10.5 Å². The highest BCUT2D eigenvalue weighted by atomic mass is 19.1. The van der Waals surface area contributed by atoms with Gasteiger partial charge in [0.05, 0.1) is 7.11 Å². The van der Waals surface area contributed by atoms with Gasteiger partial charge in [0.2, 0.25) is 0 Å². The van der Waals surface area contributed by atoms with Crippen molar-refractivity contribution in [2.45, 2.75) is 25.8 Å². The SMILES string of the molecule is COc1ccc(CC(N)Cc2ccc(F)cc2C)cc1. The highest BCUT2D eigenvalue weighted by molar-refractivity contribution is 5.30. The number of hydrogen-bond donors (Lipinski definition) is 1. The average Bonchev–Trinajstić information content (AvgIpc) is 2.43. The topological polar surface area (TPSA) is 35.2 Å². The lowest BCUT2D eigenvalue weighted by molar-refractivity contribution is 0.414. The van der Waals surface area contributed by atoms with E-state index in [0.717, 1.165) is 29.7 Å². The fourth-order valence-corrected chi connectivity index (χ4v) is 2.31. The normalized spacial score (nSPS) is 12.2. The van der Waals surface area contributed by atoms with Crippen LogP contribution in [0.25, 0.3) is 0 Å². The van der Waals surface area contributed by atoms with Crippen LogP contribution in [0, 0.1) is 12.7 Å². The first-order valence-corrected chi connectivity index (χ1v) is 6.72. The molecule has 3 heteroatoms. The Bertz CT molecular complexity index is 566. The maximum Gasteiger partial charge on any atom is 0.123 e. The Kier molecular flexibility index (Phi) is 4.74. The zero-order chi connectivity index (χ0) is 14.5. The number of methoxy groups -OCH3 is 1. The van der Waals surface area contributed by atoms with Gasteiger partial charge in [0.1, 0.15) is 11.6 Å². The second-order valence-electron chi connectivity index (χ2n) is 5.09. The van der Waals surface area contributed by atoms with Gasteiger partial charge in [-0.15, -0.1) is 0 Å². The first-order valence-electron chi connectivity index (χ1n) is 6.72. The summed E-state index contributed by atoms with van der Waals surface area (Å²) in [6, 6.07) is 12.8. The number of benzene rings is 2. The van der Waals surface area contributed by atoms with Crippen LogP contribution in [0.3, 0.4) is 0 Å². The van der Waals surface area contributed by atoms with Crippen molar-refractivity contribution in [2.24, 2.45) is 5.73 Å². The molecular formula is C17H20FNO. The molecule has 0 aliphatic carbocycles. The molecule has 0 aliphatic heterocycles. The van der Waals surface area contributed by atoms with Crippen molar-refractivity contribution < 1.29 is 9.13 Å². The molecule has 1 atom stereocenters. The lowest BCUT2D eigenvalue weighted by atomic mass is 9.97. The summed E-state index contributed by atoms with van der Waals surface area (Å²) in [7, 11) is 1.65. The molecule has 0 heterocycles. The van der Waals surface area contributed by atoms with E-state index in [1.165, 1.54) is 11.6 Å². The van der Waals surface area contributed by atoms with Gasteiger partial charge in [0.25, 0.3) is 0 Å². The maximum absolute atomic E-state index is 13.1. The molecule has 2 N–H and O–H groups in total. The fourth-order valence-electron chi connectivity index (χ4n) is 2.31. The van der Waals surface area contributed by atoms with Crippen LogP contribution in [0.4, 0.5) is 4.39 Å². The Morgan fingerprint density at radius 1 is 1.10 bits per heavy atom. The fraction of sp³-hybridized carbons (Fsp3) is 0.294. The third-order valence-electron chi connectivity index (χ3n) is 3.44. The van der Waals surface area contributed by atoms with E-state index in [1.54, 1.807) is 13.2 Å². The van der Waals surface area contributed by atoms with Gasteiger partial charge >= 0.3 is 0 Å². The van der Waals surface area contributed by atoms with Crippen LogP contribution in [-0.4, -0.2) is 13.2 Å². The van der Waals surface area contributed by atoms with E-state index >= 15 is 0 Å². The van der Waals surface area contributed by atoms with Crippen molar-refractivity contribution in [1.82, 2.24) is 0 Å². The van der Waals surface area contributed by atoms with Crippen molar-refractivity contribution in [3.05, 3.63) is 65.0 Å². The molecule has 0 bridgehead atoms. The second kappa shape index (κ2) is 6.53. The average molecular weight is 273 g/mol. The maximum atomic E-state index is 13.1. The van der Waals surface area contributed by atoms with Crippen LogP contribution >= 0.6 is 0 Å². The molecule has 2 rings (SSSR count). The van der Waals surface area contributed by atoms with Crippen molar-refractivity contribution >= 4 is 0 Å². The predicted octanol–water partition coefficient (Wildman–Crippen LogP) is 3.26. The molecule has 0 aromatic heterocycles. The molecule has 2 aromatic carbocycles. The summed E-state index contributed by atoms with van der Waals surface area (Å²) in [5.74, 6) is 0.645. The minimum absolute atomic E-state index is 0.0209. The highest BCUT2D eigenvalue weighted by Gasteiger charge is 2.08. The number of nitrogens with two attached hydrogens (primary N) is 1. The molecule has 0 radical (unpaired) electrons. The van der Waals surface area contributed by atoms with Crippen molar-refractivity contribution in [3.8, 4) is 5.75 Å². The Hall–Kier alpha value is -1.87. The van der Waals surface area contributed by atoms with Crippen LogP contribution in [0.2, 0.25) is 0 Å². The predicted molar refractivity (Wildman–Crippen MR) is 79.5 cm³/mol. The summed E-state index contributed by atoms with van der Waals surface area (Å²) in [6.45, 7) is 1.92. The van der Waals surface area contributed by atoms with Gasteiger partial charge in [-0.05, 0) is 60.7 Å². The molecule has 0 spiro atoms. The van der Waals surface area contributed by atoms with E-state index in [1.807, 2.05) is 37.3 Å². The molecule has 2 nitrogen and oxygen atoms in total. The van der Waals surface area contributed by atoms with Gasteiger partial charge in [-0.2, -0.15) is 0 Å². The first kappa shape index (κ1) is 14.5. The molecule has 0 amide bonds. The van der Waals surface area contributed by atoms with Crippen molar-refractivity contribution in [2.75, 3.05) is 7.11 Å². The van der Waals surface area contributed by atoms with Crippen LogP contribution in [0.5, 0.6) is 5.75 Å². The molecule has 0 aliphatic rings. The summed E-state index contributed by atoms with van der Waals surface area (Å²) in [5.41, 5.74) is 9.43. The van der Waals surface area contributed by atoms with Crippen LogP contribution in [-0.2, 0) is 12.8 Å². The summed E-state index contributed by atoms with van der Waals surface area (Å²) in [5, 5.41) is 0. The quantitative estimate of drug-likeness (QED) is 0.907. The number of rotatable bonds is 5. The molecule has 0 saturated carbocycles. The number of ether oxygens (including phenoxy) is 1. The van der Waals surface area contributed by atoms with Gasteiger partial charge in [-0.25, -0.2) is 4.39 Å². The summed E-state index contributed by atoms with van der Waals surface area (Å²) in [6.07, 6.45) is 1.54. The molecule has 2 aromatic rings. The summed E-state index contributed by atoms with van der Waals surface area (Å²) >= 11 is 0. The van der Waals surface area contributed by atoms with E-state index in [4.69, 9.17) is 10.5 Å². The number of aryl methyl sites for hydroxylation is 1. The van der Waals surface area contributed by atoms with Crippen LogP contribution < -0.4 is 10.5 Å². The third kappa shape index (κ3) is 3.81. The standard InChI is InChI=1S/C17H20FNO/c1-12-9-15(18)6-5-14(12)11-16(19)10-13-3-7-17(20-2)8-4-13/h3-9,16H,10-11,19H2,1-2H3. The smallest absolute Gasteiger partial charge is 0.123 e. The van der Waals surface area contributed by atoms with Crippen LogP contribution in [0.1, 0.15) is 16.7 Å². The molecule has 106 valence electrons. The van der Waals surface area contributed by atoms with Gasteiger partial charge in [0, 0.05) is 6.04 Å². The van der Waals surface area contributed by atoms with Crippen LogP contribution in [0.15, 0.2) is 42.5 Å². The van der Waals surface area contributed by atoms with E-state index in [0.29, 0.717) is 0 Å². The minimum Gasteiger partial charge on any atom is -0.497 e. The van der Waals surface area contributed by atoms with Gasteiger partial charge in [-0.3, -0.25) is 0 Å². The number of hydrogen-bond acceptors (Lipinski definition) is 2. The largest absolute Gasteiger partial charge is 0.497 e. The Morgan fingerprint density at radius 3 is 2.40 bits per heavy atom. The van der Waals surface area contributed by atoms with Gasteiger partial charge in [0.15, 0.2) is 0 Å². The lowest BCUT2D eigenvalue weighted by Gasteiger charge is -2.14. The molecule has 0 fully saturated rings. The zero-order valence-electron chi connectivity index (χ0n) is 11.9. The Balaban J connectivity index is 1.99. The van der Waals surface area contributed by atoms with E-state index in [-0.39, 0.29) is 11.9 Å². The minimum atomic E-state index is -0.199. The van der Waals surface area contributed by atoms with Crippen molar-refractivity contribution in [3.63, 3.8) is 0 Å². The first-order chi connectivity index (χ1) is 9.58. The van der Waals surface area contributed by atoms with E-state index in [2.05, 4.69) is 0 Å². The Labute approximate surface area is 119 Å². The van der Waals surface area contributed by atoms with Crippen molar-refractivity contribution in [1.29, 1.82) is 0 Å². The Morgan fingerprint density at radius 2 is 1.80 bits per heavy atom. The zero-order valence-corrected chi connectivity index (χ0v) is 11.9. The highest BCUT2D eigenvalue weighted by Crippen LogP contribution is 2.15. The van der Waals surface area contributed by atoms with E-state index in [9.17, 15) is 4.39 Å². The molecule has 1 unspecified atom stereocenters. The second-order valence-corrected chi connectivity index (χ2v) is 5.09. The summed E-state index contributed by atoms with van der Waals surface area (Å²) in [4.78, 5) is 0. The lowest BCUT2D eigenvalue weighted by Crippen LogP contribution is -2.25. The molecular weight excluding hydrogens is 253 g/mol. The van der Waals surface area contributed by atoms with Gasteiger partial charge in [-0.1, -0.05) is 18.2 Å². The third-order valence-corrected chi connectivity index (χ3v) is 3.44. The summed E-state index contributed by atoms with van der Waals surface area (Å²) < 4.78 is 18.2. The monoisotopic (exact) mass is 273 g/mol. The molecule has 0 saturated heterocycles. The molecule has 20 heavy (non-hydrogen) atoms. The van der Waals surface area contributed by atoms with E-state index < -0.39 is 0 Å².